The van der Waals surface area contributed by atoms with Crippen molar-refractivity contribution in [1.29, 1.82) is 0 Å². The molecule has 0 aliphatic heterocycles. The van der Waals surface area contributed by atoms with E-state index in [0.29, 0.717) is 28.1 Å². The standard InChI is InChI=1S/C29H25BrN4O6/c30-26-20(9-4-10-21(26)19-7-2-1-3-8-19)17-39-25-12-24(38-16-18-6-5-11-31-13-18)22(27-28(25)34-40-33-27)14-32-23(15-35)29(36)37/h1-13,23,32,35H,14-17H2,(H,36,37)/t23-/m0/s1. The highest BCUT2D eigenvalue weighted by atomic mass is 79.9. The van der Waals surface area contributed by atoms with Gasteiger partial charge in [0.15, 0.2) is 11.3 Å². The zero-order valence-electron chi connectivity index (χ0n) is 21.2. The van der Waals surface area contributed by atoms with Crippen LogP contribution in [0.15, 0.2) is 88.2 Å². The average molecular weight is 605 g/mol. The van der Waals surface area contributed by atoms with Crippen molar-refractivity contribution in [3.63, 3.8) is 0 Å². The van der Waals surface area contributed by atoms with Crippen molar-refractivity contribution >= 4 is 32.9 Å². The molecule has 0 saturated carbocycles. The first-order valence-corrected chi connectivity index (χ1v) is 13.2. The Morgan fingerprint density at radius 1 is 0.975 bits per heavy atom. The lowest BCUT2D eigenvalue weighted by molar-refractivity contribution is -0.140. The minimum atomic E-state index is -1.18. The lowest BCUT2D eigenvalue weighted by Gasteiger charge is -2.17. The smallest absolute Gasteiger partial charge is 0.323 e. The first kappa shape index (κ1) is 27.3. The van der Waals surface area contributed by atoms with E-state index >= 15 is 0 Å². The molecule has 2 heterocycles. The van der Waals surface area contributed by atoms with E-state index in [1.165, 1.54) is 0 Å². The van der Waals surface area contributed by atoms with Gasteiger partial charge in [-0.1, -0.05) is 54.6 Å². The van der Waals surface area contributed by atoms with Crippen LogP contribution in [0.2, 0.25) is 0 Å². The zero-order chi connectivity index (χ0) is 27.9. The summed E-state index contributed by atoms with van der Waals surface area (Å²) in [5, 5.41) is 29.7. The maximum absolute atomic E-state index is 11.4. The van der Waals surface area contributed by atoms with E-state index in [1.54, 1.807) is 24.5 Å². The second kappa shape index (κ2) is 12.7. The van der Waals surface area contributed by atoms with Crippen LogP contribution in [-0.4, -0.2) is 44.1 Å². The van der Waals surface area contributed by atoms with E-state index in [-0.39, 0.29) is 19.8 Å². The number of rotatable bonds is 12. The molecule has 11 heteroatoms. The van der Waals surface area contributed by atoms with Crippen LogP contribution in [0.1, 0.15) is 16.7 Å². The number of aromatic nitrogens is 3. The fourth-order valence-corrected chi connectivity index (χ4v) is 4.74. The van der Waals surface area contributed by atoms with Gasteiger partial charge in [0.05, 0.1) is 6.61 Å². The number of fused-ring (bicyclic) bond motifs is 1. The molecule has 0 aliphatic carbocycles. The van der Waals surface area contributed by atoms with Gasteiger partial charge in [0.1, 0.15) is 30.5 Å². The molecule has 3 N–H and O–H groups in total. The van der Waals surface area contributed by atoms with Crippen molar-refractivity contribution in [1.82, 2.24) is 20.6 Å². The maximum Gasteiger partial charge on any atom is 0.323 e. The van der Waals surface area contributed by atoms with Crippen molar-refractivity contribution in [2.75, 3.05) is 6.61 Å². The van der Waals surface area contributed by atoms with Crippen LogP contribution in [0.25, 0.3) is 22.2 Å². The van der Waals surface area contributed by atoms with Crippen LogP contribution in [0.4, 0.5) is 0 Å². The molecule has 0 aliphatic rings. The SMILES string of the molecule is O=C(O)[C@H](CO)NCc1c(OCc2cccnc2)cc(OCc2cccc(-c3ccccc3)c2Br)c2nonc12. The molecule has 0 fully saturated rings. The number of halogens is 1. The molecule has 204 valence electrons. The van der Waals surface area contributed by atoms with Crippen LogP contribution in [0.3, 0.4) is 0 Å². The first-order chi connectivity index (χ1) is 19.5. The predicted octanol–water partition coefficient (Wildman–Crippen LogP) is 4.74. The van der Waals surface area contributed by atoms with Crippen LogP contribution in [0.5, 0.6) is 11.5 Å². The zero-order valence-corrected chi connectivity index (χ0v) is 22.7. The number of carboxylic acids is 1. The number of ether oxygens (including phenoxy) is 2. The molecule has 5 rings (SSSR count). The summed E-state index contributed by atoms with van der Waals surface area (Å²) in [5.41, 5.74) is 5.09. The molecule has 10 nitrogen and oxygen atoms in total. The van der Waals surface area contributed by atoms with Crippen molar-refractivity contribution in [2.45, 2.75) is 25.8 Å². The van der Waals surface area contributed by atoms with E-state index < -0.39 is 18.6 Å². The van der Waals surface area contributed by atoms with E-state index in [2.05, 4.69) is 36.5 Å². The molecule has 0 radical (unpaired) electrons. The monoisotopic (exact) mass is 604 g/mol. The topological polar surface area (TPSA) is 140 Å². The molecular weight excluding hydrogens is 580 g/mol. The number of carbonyl (C=O) groups is 1. The van der Waals surface area contributed by atoms with Gasteiger partial charge in [-0.15, -0.1) is 0 Å². The molecular formula is C29H25BrN4O6. The lowest BCUT2D eigenvalue weighted by Crippen LogP contribution is -2.39. The normalized spacial score (nSPS) is 11.8. The number of aliphatic hydroxyl groups is 1. The van der Waals surface area contributed by atoms with Crippen LogP contribution < -0.4 is 14.8 Å². The van der Waals surface area contributed by atoms with Gasteiger partial charge in [-0.25, -0.2) is 4.63 Å². The molecule has 3 aromatic carbocycles. The Morgan fingerprint density at radius 3 is 2.52 bits per heavy atom. The van der Waals surface area contributed by atoms with E-state index in [4.69, 9.17) is 14.1 Å². The van der Waals surface area contributed by atoms with Gasteiger partial charge in [0, 0.05) is 46.2 Å². The fourth-order valence-electron chi connectivity index (χ4n) is 4.14. The highest BCUT2D eigenvalue weighted by Crippen LogP contribution is 2.36. The van der Waals surface area contributed by atoms with Gasteiger partial charge < -0.3 is 19.7 Å². The van der Waals surface area contributed by atoms with E-state index in [9.17, 15) is 15.0 Å². The Labute approximate surface area is 237 Å². The summed E-state index contributed by atoms with van der Waals surface area (Å²) in [5.74, 6) is -0.401. The quantitative estimate of drug-likeness (QED) is 0.183. The molecule has 2 aromatic heterocycles. The summed E-state index contributed by atoms with van der Waals surface area (Å²) >= 11 is 3.73. The number of carboxylic acid groups (broad SMARTS) is 1. The molecule has 1 atom stereocenters. The van der Waals surface area contributed by atoms with Gasteiger partial charge in [-0.3, -0.25) is 15.1 Å². The minimum Gasteiger partial charge on any atom is -0.488 e. The number of hydrogen-bond donors (Lipinski definition) is 3. The number of aliphatic carboxylic acids is 1. The van der Waals surface area contributed by atoms with Crippen molar-refractivity contribution in [3.05, 3.63) is 100 Å². The number of aliphatic hydroxyl groups excluding tert-OH is 1. The number of benzene rings is 3. The summed E-state index contributed by atoms with van der Waals surface area (Å²) in [4.78, 5) is 15.6. The second-order valence-electron chi connectivity index (χ2n) is 8.85. The molecule has 0 amide bonds. The van der Waals surface area contributed by atoms with Crippen LogP contribution in [-0.2, 0) is 24.6 Å². The van der Waals surface area contributed by atoms with Gasteiger partial charge in [-0.2, -0.15) is 0 Å². The molecule has 0 spiro atoms. The third-order valence-electron chi connectivity index (χ3n) is 6.24. The summed E-state index contributed by atoms with van der Waals surface area (Å²) in [6.07, 6.45) is 3.36. The molecule has 0 bridgehead atoms. The Bertz CT molecular complexity index is 1600. The largest absolute Gasteiger partial charge is 0.488 e. The van der Waals surface area contributed by atoms with Crippen molar-refractivity contribution in [3.8, 4) is 22.6 Å². The van der Waals surface area contributed by atoms with E-state index in [1.807, 2.05) is 54.6 Å². The predicted molar refractivity (Wildman–Crippen MR) is 150 cm³/mol. The van der Waals surface area contributed by atoms with Crippen molar-refractivity contribution < 1.29 is 29.1 Å². The highest BCUT2D eigenvalue weighted by Gasteiger charge is 2.23. The maximum atomic E-state index is 11.4. The van der Waals surface area contributed by atoms with Gasteiger partial charge in [0.2, 0.25) is 0 Å². The molecule has 40 heavy (non-hydrogen) atoms. The van der Waals surface area contributed by atoms with Crippen molar-refractivity contribution in [2.24, 2.45) is 0 Å². The molecule has 0 saturated heterocycles. The Balaban J connectivity index is 1.46. The Kier molecular flexibility index (Phi) is 8.65. The Morgan fingerprint density at radius 2 is 1.77 bits per heavy atom. The minimum absolute atomic E-state index is 0.0234. The lowest BCUT2D eigenvalue weighted by atomic mass is 10.0. The summed E-state index contributed by atoms with van der Waals surface area (Å²) in [7, 11) is 0. The first-order valence-electron chi connectivity index (χ1n) is 12.4. The van der Waals surface area contributed by atoms with Gasteiger partial charge >= 0.3 is 5.97 Å². The Hall–Kier alpha value is -4.32. The summed E-state index contributed by atoms with van der Waals surface area (Å²) in [6, 6.07) is 20.2. The van der Waals surface area contributed by atoms with Gasteiger partial charge in [-0.05, 0) is 43.4 Å². The summed E-state index contributed by atoms with van der Waals surface area (Å²) in [6.45, 7) is -0.145. The highest BCUT2D eigenvalue weighted by molar-refractivity contribution is 9.10. The fraction of sp³-hybridized carbons (Fsp3) is 0.172. The van der Waals surface area contributed by atoms with Crippen LogP contribution in [0, 0.1) is 0 Å². The molecule has 5 aromatic rings. The average Bonchev–Trinajstić information content (AvgIpc) is 3.47. The number of nitrogens with zero attached hydrogens (tertiary/aromatic N) is 3. The number of hydrogen-bond acceptors (Lipinski definition) is 9. The van der Waals surface area contributed by atoms with Crippen LogP contribution >= 0.6 is 15.9 Å². The number of pyridine rings is 1. The molecule has 0 unspecified atom stereocenters. The summed E-state index contributed by atoms with van der Waals surface area (Å²) < 4.78 is 18.3. The number of nitrogens with one attached hydrogen (secondary N) is 1. The van der Waals surface area contributed by atoms with E-state index in [0.717, 1.165) is 26.7 Å². The third kappa shape index (κ3) is 6.12. The van der Waals surface area contributed by atoms with Gasteiger partial charge in [0.25, 0.3) is 0 Å². The second-order valence-corrected chi connectivity index (χ2v) is 9.64. The third-order valence-corrected chi connectivity index (χ3v) is 7.17.